The Labute approximate surface area is 138 Å². The molecular formula is C17H27N3O3. The Balaban J connectivity index is 1.91. The van der Waals surface area contributed by atoms with E-state index < -0.39 is 6.10 Å². The number of β-amino-alcohol motifs (C(OH)–C–C–N with tert-alkyl or cyclic N) is 1. The van der Waals surface area contributed by atoms with Crippen molar-refractivity contribution in [3.05, 3.63) is 24.3 Å². The molecule has 1 aliphatic rings. The lowest BCUT2D eigenvalue weighted by Crippen LogP contribution is -2.38. The van der Waals surface area contributed by atoms with E-state index in [1.807, 2.05) is 43.3 Å². The van der Waals surface area contributed by atoms with Crippen LogP contribution in [-0.2, 0) is 0 Å². The number of benzene rings is 1. The molecule has 1 saturated heterocycles. The lowest BCUT2D eigenvalue weighted by atomic mass is 10.2. The SMILES string of the molecule is CCCCOc1cccc(NC(=O)N2C[C@@H](O)[C@H](N(C)C)C2)c1. The molecule has 0 saturated carbocycles. The number of aliphatic hydroxyl groups is 1. The number of nitrogens with zero attached hydrogens (tertiary/aromatic N) is 2. The van der Waals surface area contributed by atoms with Gasteiger partial charge in [-0.3, -0.25) is 0 Å². The molecule has 0 aliphatic carbocycles. The molecule has 2 rings (SSSR count). The van der Waals surface area contributed by atoms with Crippen molar-refractivity contribution in [3.8, 4) is 5.75 Å². The third-order valence-electron chi connectivity index (χ3n) is 4.06. The summed E-state index contributed by atoms with van der Waals surface area (Å²) in [5, 5.41) is 12.9. The van der Waals surface area contributed by atoms with Crippen LogP contribution in [-0.4, -0.2) is 66.9 Å². The van der Waals surface area contributed by atoms with Crippen molar-refractivity contribution in [3.63, 3.8) is 0 Å². The molecule has 2 atom stereocenters. The summed E-state index contributed by atoms with van der Waals surface area (Å²) < 4.78 is 5.65. The number of carbonyl (C=O) groups excluding carboxylic acids is 1. The Morgan fingerprint density at radius 1 is 1.43 bits per heavy atom. The summed E-state index contributed by atoms with van der Waals surface area (Å²) in [5.74, 6) is 0.754. The maximum atomic E-state index is 12.3. The van der Waals surface area contributed by atoms with Crippen molar-refractivity contribution in [1.29, 1.82) is 0 Å². The highest BCUT2D eigenvalue weighted by atomic mass is 16.5. The fraction of sp³-hybridized carbons (Fsp3) is 0.588. The van der Waals surface area contributed by atoms with Gasteiger partial charge < -0.3 is 25.0 Å². The number of unbranched alkanes of at least 4 members (excludes halogenated alkanes) is 1. The van der Waals surface area contributed by atoms with Crippen molar-refractivity contribution < 1.29 is 14.6 Å². The average Bonchev–Trinajstić information content (AvgIpc) is 2.90. The number of likely N-dealkylation sites (N-methyl/N-ethyl adjacent to an activating group) is 1. The summed E-state index contributed by atoms with van der Waals surface area (Å²) in [5.41, 5.74) is 0.701. The van der Waals surface area contributed by atoms with Gasteiger partial charge in [0.15, 0.2) is 0 Å². The van der Waals surface area contributed by atoms with Crippen LogP contribution in [0.1, 0.15) is 19.8 Å². The number of aliphatic hydroxyl groups excluding tert-OH is 1. The van der Waals surface area contributed by atoms with Gasteiger partial charge in [-0.1, -0.05) is 19.4 Å². The number of amides is 2. The van der Waals surface area contributed by atoms with Crippen LogP contribution < -0.4 is 10.1 Å². The average molecular weight is 321 g/mol. The van der Waals surface area contributed by atoms with Crippen LogP contribution in [0.5, 0.6) is 5.75 Å². The molecule has 0 unspecified atom stereocenters. The third-order valence-corrected chi connectivity index (χ3v) is 4.06. The summed E-state index contributed by atoms with van der Waals surface area (Å²) in [6.45, 7) is 3.66. The summed E-state index contributed by atoms with van der Waals surface area (Å²) in [7, 11) is 3.82. The van der Waals surface area contributed by atoms with Gasteiger partial charge in [0.05, 0.1) is 25.3 Å². The Kier molecular flexibility index (Phi) is 6.24. The monoisotopic (exact) mass is 321 g/mol. The lowest BCUT2D eigenvalue weighted by molar-refractivity contribution is 0.113. The van der Waals surface area contributed by atoms with Crippen molar-refractivity contribution in [2.24, 2.45) is 0 Å². The van der Waals surface area contributed by atoms with Gasteiger partial charge in [-0.15, -0.1) is 0 Å². The second-order valence-corrected chi connectivity index (χ2v) is 6.16. The molecule has 1 heterocycles. The highest BCUT2D eigenvalue weighted by molar-refractivity contribution is 5.89. The smallest absolute Gasteiger partial charge is 0.321 e. The van der Waals surface area contributed by atoms with E-state index >= 15 is 0 Å². The van der Waals surface area contributed by atoms with E-state index in [0.717, 1.165) is 18.6 Å². The van der Waals surface area contributed by atoms with Gasteiger partial charge in [-0.05, 0) is 32.6 Å². The van der Waals surface area contributed by atoms with Gasteiger partial charge in [0.25, 0.3) is 0 Å². The third kappa shape index (κ3) is 4.84. The molecule has 1 aromatic carbocycles. The van der Waals surface area contributed by atoms with Crippen LogP contribution in [0.25, 0.3) is 0 Å². The minimum absolute atomic E-state index is 0.0236. The molecule has 0 spiro atoms. The van der Waals surface area contributed by atoms with Crippen LogP contribution in [0.2, 0.25) is 0 Å². The number of urea groups is 1. The van der Waals surface area contributed by atoms with E-state index in [1.165, 1.54) is 0 Å². The van der Waals surface area contributed by atoms with E-state index in [9.17, 15) is 9.90 Å². The first-order chi connectivity index (χ1) is 11.0. The van der Waals surface area contributed by atoms with Crippen LogP contribution >= 0.6 is 0 Å². The van der Waals surface area contributed by atoms with Crippen molar-refractivity contribution in [1.82, 2.24) is 9.80 Å². The molecule has 0 bridgehead atoms. The molecule has 1 fully saturated rings. The zero-order chi connectivity index (χ0) is 16.8. The highest BCUT2D eigenvalue weighted by Crippen LogP contribution is 2.20. The topological polar surface area (TPSA) is 65.0 Å². The van der Waals surface area contributed by atoms with Crippen molar-refractivity contribution in [2.75, 3.05) is 39.1 Å². The van der Waals surface area contributed by atoms with Crippen LogP contribution in [0.4, 0.5) is 10.5 Å². The van der Waals surface area contributed by atoms with E-state index in [1.54, 1.807) is 4.90 Å². The Bertz CT molecular complexity index is 522. The van der Waals surface area contributed by atoms with Gasteiger partial charge in [0.1, 0.15) is 5.75 Å². The number of ether oxygens (including phenoxy) is 1. The predicted octanol–water partition coefficient (Wildman–Crippen LogP) is 2.00. The fourth-order valence-corrected chi connectivity index (χ4v) is 2.64. The second kappa shape index (κ2) is 8.17. The number of rotatable bonds is 6. The molecule has 1 aromatic rings. The summed E-state index contributed by atoms with van der Waals surface area (Å²) in [6.07, 6.45) is 1.58. The van der Waals surface area contributed by atoms with Gasteiger partial charge in [-0.2, -0.15) is 0 Å². The van der Waals surface area contributed by atoms with Gasteiger partial charge >= 0.3 is 6.03 Å². The number of likely N-dealkylation sites (tertiary alicyclic amines) is 1. The molecule has 6 heteroatoms. The molecule has 2 amide bonds. The maximum Gasteiger partial charge on any atom is 0.321 e. The van der Waals surface area contributed by atoms with E-state index in [2.05, 4.69) is 12.2 Å². The highest BCUT2D eigenvalue weighted by Gasteiger charge is 2.35. The summed E-state index contributed by atoms with van der Waals surface area (Å²) in [4.78, 5) is 15.9. The van der Waals surface area contributed by atoms with Gasteiger partial charge in [0, 0.05) is 18.3 Å². The Hall–Kier alpha value is -1.79. The molecule has 128 valence electrons. The number of carbonyl (C=O) groups is 1. The molecule has 0 aromatic heterocycles. The largest absolute Gasteiger partial charge is 0.494 e. The molecule has 1 aliphatic heterocycles. The van der Waals surface area contributed by atoms with Crippen molar-refractivity contribution in [2.45, 2.75) is 31.9 Å². The maximum absolute atomic E-state index is 12.3. The fourth-order valence-electron chi connectivity index (χ4n) is 2.64. The van der Waals surface area contributed by atoms with E-state index in [-0.39, 0.29) is 12.1 Å². The first kappa shape index (κ1) is 17.6. The summed E-state index contributed by atoms with van der Waals surface area (Å²) in [6, 6.07) is 7.18. The van der Waals surface area contributed by atoms with Crippen LogP contribution in [0.3, 0.4) is 0 Å². The predicted molar refractivity (Wildman–Crippen MR) is 90.9 cm³/mol. The number of anilines is 1. The second-order valence-electron chi connectivity index (χ2n) is 6.16. The summed E-state index contributed by atoms with van der Waals surface area (Å²) >= 11 is 0. The normalized spacial score (nSPS) is 20.8. The minimum Gasteiger partial charge on any atom is -0.494 e. The zero-order valence-corrected chi connectivity index (χ0v) is 14.2. The number of nitrogens with one attached hydrogen (secondary N) is 1. The number of hydrogen-bond acceptors (Lipinski definition) is 4. The Morgan fingerprint density at radius 2 is 2.22 bits per heavy atom. The quantitative estimate of drug-likeness (QED) is 0.787. The Morgan fingerprint density at radius 3 is 2.87 bits per heavy atom. The first-order valence-corrected chi connectivity index (χ1v) is 8.14. The molecule has 23 heavy (non-hydrogen) atoms. The van der Waals surface area contributed by atoms with Crippen molar-refractivity contribution >= 4 is 11.7 Å². The van der Waals surface area contributed by atoms with E-state index in [0.29, 0.717) is 25.4 Å². The van der Waals surface area contributed by atoms with Crippen LogP contribution in [0.15, 0.2) is 24.3 Å². The van der Waals surface area contributed by atoms with Crippen LogP contribution in [0, 0.1) is 0 Å². The van der Waals surface area contributed by atoms with Gasteiger partial charge in [-0.25, -0.2) is 4.79 Å². The standard InChI is InChI=1S/C17H27N3O3/c1-4-5-9-23-14-8-6-7-13(10-14)18-17(22)20-11-15(19(2)3)16(21)12-20/h6-8,10,15-16,21H,4-5,9,11-12H2,1-3H3,(H,18,22)/t15-,16-/m1/s1. The van der Waals surface area contributed by atoms with Gasteiger partial charge in [0.2, 0.25) is 0 Å². The molecule has 2 N–H and O–H groups in total. The molecule has 6 nitrogen and oxygen atoms in total. The zero-order valence-electron chi connectivity index (χ0n) is 14.2. The first-order valence-electron chi connectivity index (χ1n) is 8.14. The molecular weight excluding hydrogens is 294 g/mol. The minimum atomic E-state index is -0.514. The molecule has 0 radical (unpaired) electrons. The van der Waals surface area contributed by atoms with E-state index in [4.69, 9.17) is 4.74 Å². The lowest BCUT2D eigenvalue weighted by Gasteiger charge is -2.21. The number of hydrogen-bond donors (Lipinski definition) is 2.